The topological polar surface area (TPSA) is 170 Å². The van der Waals surface area contributed by atoms with Gasteiger partial charge in [0.25, 0.3) is 0 Å². The first kappa shape index (κ1) is 28.5. The van der Waals surface area contributed by atoms with Gasteiger partial charge in [0, 0.05) is 37.4 Å². The van der Waals surface area contributed by atoms with Crippen LogP contribution < -0.4 is 25.2 Å². The van der Waals surface area contributed by atoms with Gasteiger partial charge in [-0.05, 0) is 43.9 Å². The first-order valence-electron chi connectivity index (χ1n) is 13.4. The van der Waals surface area contributed by atoms with Crippen molar-refractivity contribution >= 4 is 61.6 Å². The molecule has 1 fully saturated rings. The number of piperazine rings is 1. The molecule has 2 aliphatic rings. The Balaban J connectivity index is 1.45. The summed E-state index contributed by atoms with van der Waals surface area (Å²) in [5.41, 5.74) is 2.84. The minimum atomic E-state index is -3.38. The van der Waals surface area contributed by atoms with Gasteiger partial charge in [0.15, 0.2) is 5.13 Å². The van der Waals surface area contributed by atoms with Crippen LogP contribution in [0.5, 0.6) is 0 Å². The first-order chi connectivity index (χ1) is 19.6. The Bertz CT molecular complexity index is 1560. The number of aromatic nitrogens is 3. The number of anilines is 5. The summed E-state index contributed by atoms with van der Waals surface area (Å²) in [5.74, 6) is 0.604. The van der Waals surface area contributed by atoms with Gasteiger partial charge in [-0.25, -0.2) is 18.2 Å². The van der Waals surface area contributed by atoms with Crippen LogP contribution in [0.1, 0.15) is 46.3 Å². The third-order valence-corrected chi connectivity index (χ3v) is 9.29. The molecule has 0 bridgehead atoms. The Morgan fingerprint density at radius 3 is 2.59 bits per heavy atom. The van der Waals surface area contributed by atoms with Gasteiger partial charge in [0.05, 0.1) is 18.0 Å². The quantitative estimate of drug-likeness (QED) is 0.270. The lowest BCUT2D eigenvalue weighted by molar-refractivity contribution is -0.120. The molecule has 218 valence electrons. The fourth-order valence-electron chi connectivity index (χ4n) is 4.93. The maximum atomic E-state index is 12.2. The second-order valence-corrected chi connectivity index (χ2v) is 12.8. The molecule has 1 saturated heterocycles. The van der Waals surface area contributed by atoms with Crippen molar-refractivity contribution in [3.63, 3.8) is 0 Å². The van der Waals surface area contributed by atoms with Crippen LogP contribution in [0.25, 0.3) is 0 Å². The van der Waals surface area contributed by atoms with E-state index in [1.54, 1.807) is 19.1 Å². The summed E-state index contributed by atoms with van der Waals surface area (Å²) >= 11 is 1.01. The van der Waals surface area contributed by atoms with Crippen LogP contribution in [0.4, 0.5) is 28.4 Å². The maximum absolute atomic E-state index is 12.2. The zero-order valence-electron chi connectivity index (χ0n) is 22.8. The summed E-state index contributed by atoms with van der Waals surface area (Å²) in [6.45, 7) is 6.02. The molecule has 2 aromatic heterocycles. The number of hydrogen-bond acceptors (Lipinski definition) is 11. The number of nitrogens with zero attached hydrogens (tertiary/aromatic N) is 5. The Kier molecular flexibility index (Phi) is 8.26. The Morgan fingerprint density at radius 2 is 1.90 bits per heavy atom. The molecule has 0 radical (unpaired) electrons. The van der Waals surface area contributed by atoms with Crippen LogP contribution in [0.2, 0.25) is 0 Å². The van der Waals surface area contributed by atoms with Crippen LogP contribution in [0, 0.1) is 6.92 Å². The van der Waals surface area contributed by atoms with E-state index in [2.05, 4.69) is 25.2 Å². The number of rotatable bonds is 10. The molecule has 41 heavy (non-hydrogen) atoms. The molecule has 3 aromatic rings. The zero-order chi connectivity index (χ0) is 29.1. The monoisotopic (exact) mass is 600 g/mol. The van der Waals surface area contributed by atoms with Crippen molar-refractivity contribution in [2.45, 2.75) is 39.7 Å². The van der Waals surface area contributed by atoms with Crippen LogP contribution in [0.3, 0.4) is 0 Å². The SMILES string of the molecule is CCCS(=O)(=O)Nc1ccc(CN2CCCc3c(N4CCNC(=O)C4)nc(Nc4nc(C)c(C(=O)O)s4)nc32)cc1. The number of aryl methyl sites for hydroxylation is 1. The highest BCUT2D eigenvalue weighted by Crippen LogP contribution is 2.36. The van der Waals surface area contributed by atoms with E-state index in [0.717, 1.165) is 47.7 Å². The normalized spacial score (nSPS) is 15.3. The summed E-state index contributed by atoms with van der Waals surface area (Å²) in [7, 11) is -3.38. The number of thiazole rings is 1. The van der Waals surface area contributed by atoms with Crippen molar-refractivity contribution in [1.82, 2.24) is 20.3 Å². The summed E-state index contributed by atoms with van der Waals surface area (Å²) in [5, 5.41) is 15.7. The standard InChI is InChI=1S/C26H32N8O5S2/c1-3-13-41(38,39)32-18-8-6-17(7-9-18)14-33-11-4-5-19-22(33)29-25(30-23(19)34-12-10-27-20(35)15-34)31-26-28-16(2)21(40-26)24(36)37/h6-9,32H,3-5,10-15H2,1-2H3,(H,27,35)(H,36,37)(H,28,29,30,31). The number of hydrogen-bond donors (Lipinski definition) is 4. The minimum Gasteiger partial charge on any atom is -0.477 e. The van der Waals surface area contributed by atoms with Gasteiger partial charge in [0.2, 0.25) is 21.9 Å². The molecule has 0 unspecified atom stereocenters. The average Bonchev–Trinajstić information content (AvgIpc) is 3.29. The third-order valence-electron chi connectivity index (χ3n) is 6.74. The predicted octanol–water partition coefficient (Wildman–Crippen LogP) is 2.72. The highest BCUT2D eigenvalue weighted by atomic mass is 32.2. The van der Waals surface area contributed by atoms with Gasteiger partial charge >= 0.3 is 5.97 Å². The number of fused-ring (bicyclic) bond motifs is 1. The van der Waals surface area contributed by atoms with Gasteiger partial charge in [-0.3, -0.25) is 14.8 Å². The number of carboxylic acid groups (broad SMARTS) is 1. The summed E-state index contributed by atoms with van der Waals surface area (Å²) in [6, 6.07) is 7.28. The maximum Gasteiger partial charge on any atom is 0.347 e. The van der Waals surface area contributed by atoms with Crippen molar-refractivity contribution in [3.8, 4) is 0 Å². The van der Waals surface area contributed by atoms with Crippen LogP contribution >= 0.6 is 11.3 Å². The Hall–Kier alpha value is -3.98. The molecular formula is C26H32N8O5S2. The molecule has 13 nitrogen and oxygen atoms in total. The number of aromatic carboxylic acids is 1. The minimum absolute atomic E-state index is 0.0641. The molecule has 1 aromatic carbocycles. The Labute approximate surface area is 242 Å². The molecule has 1 amide bonds. The highest BCUT2D eigenvalue weighted by Gasteiger charge is 2.29. The number of nitrogens with one attached hydrogen (secondary N) is 3. The van der Waals surface area contributed by atoms with E-state index in [1.165, 1.54) is 0 Å². The molecule has 0 saturated carbocycles. The lowest BCUT2D eigenvalue weighted by Crippen LogP contribution is -2.48. The van der Waals surface area contributed by atoms with Crippen molar-refractivity contribution in [2.24, 2.45) is 0 Å². The van der Waals surface area contributed by atoms with Crippen LogP contribution in [-0.2, 0) is 27.8 Å². The largest absolute Gasteiger partial charge is 0.477 e. The number of amides is 1. The van der Waals surface area contributed by atoms with Crippen LogP contribution in [-0.4, -0.2) is 72.3 Å². The molecule has 5 rings (SSSR count). The van der Waals surface area contributed by atoms with Gasteiger partial charge in [-0.1, -0.05) is 30.4 Å². The van der Waals surface area contributed by atoms with Crippen LogP contribution in [0.15, 0.2) is 24.3 Å². The van der Waals surface area contributed by atoms with Crippen molar-refractivity contribution in [1.29, 1.82) is 0 Å². The molecule has 0 spiro atoms. The fourth-order valence-corrected chi connectivity index (χ4v) is 6.86. The number of benzene rings is 1. The van der Waals surface area contributed by atoms with Gasteiger partial charge in [-0.15, -0.1) is 0 Å². The summed E-state index contributed by atoms with van der Waals surface area (Å²) in [4.78, 5) is 41.9. The van der Waals surface area contributed by atoms with E-state index in [9.17, 15) is 23.1 Å². The highest BCUT2D eigenvalue weighted by molar-refractivity contribution is 7.92. The van der Waals surface area contributed by atoms with Crippen molar-refractivity contribution in [2.75, 3.05) is 51.8 Å². The second-order valence-electron chi connectivity index (χ2n) is 9.95. The fraction of sp³-hybridized carbons (Fsp3) is 0.423. The molecule has 15 heteroatoms. The molecule has 0 aliphatic carbocycles. The van der Waals surface area contributed by atoms with Gasteiger partial charge < -0.3 is 20.2 Å². The molecule has 2 aliphatic heterocycles. The number of carbonyl (C=O) groups excluding carboxylic acids is 1. The van der Waals surface area contributed by atoms with Gasteiger partial charge in [0.1, 0.15) is 16.5 Å². The first-order valence-corrected chi connectivity index (χ1v) is 15.8. The van der Waals surface area contributed by atoms with Crippen molar-refractivity contribution < 1.29 is 23.1 Å². The van der Waals surface area contributed by atoms with Crippen molar-refractivity contribution in [3.05, 3.63) is 46.0 Å². The number of carboxylic acids is 1. The summed E-state index contributed by atoms with van der Waals surface area (Å²) < 4.78 is 26.9. The van der Waals surface area contributed by atoms with E-state index in [4.69, 9.17) is 9.97 Å². The van der Waals surface area contributed by atoms with Gasteiger partial charge in [-0.2, -0.15) is 9.97 Å². The number of sulfonamides is 1. The molecule has 0 atom stereocenters. The average molecular weight is 601 g/mol. The third kappa shape index (κ3) is 6.68. The second kappa shape index (κ2) is 11.9. The summed E-state index contributed by atoms with van der Waals surface area (Å²) in [6.07, 6.45) is 2.16. The van der Waals surface area contributed by atoms with E-state index in [1.807, 2.05) is 24.0 Å². The number of carbonyl (C=O) groups is 2. The van der Waals surface area contributed by atoms with E-state index >= 15 is 0 Å². The van der Waals surface area contributed by atoms with E-state index in [-0.39, 0.29) is 29.0 Å². The van der Waals surface area contributed by atoms with E-state index < -0.39 is 16.0 Å². The molecular weight excluding hydrogens is 568 g/mol. The van der Waals surface area contributed by atoms with E-state index in [0.29, 0.717) is 48.4 Å². The Morgan fingerprint density at radius 1 is 1.15 bits per heavy atom. The zero-order valence-corrected chi connectivity index (χ0v) is 24.4. The molecule has 4 heterocycles. The lowest BCUT2D eigenvalue weighted by atomic mass is 10.0. The molecule has 4 N–H and O–H groups in total. The smallest absolute Gasteiger partial charge is 0.347 e. The predicted molar refractivity (Wildman–Crippen MR) is 158 cm³/mol. The lowest BCUT2D eigenvalue weighted by Gasteiger charge is -2.35.